The molecule has 0 N–H and O–H groups in total. The molecule has 0 aliphatic carbocycles. The maximum absolute atomic E-state index is 13.4. The van der Waals surface area contributed by atoms with Crippen LogP contribution in [0.4, 0.5) is 13.2 Å². The van der Waals surface area contributed by atoms with Crippen LogP contribution in [0.3, 0.4) is 0 Å². The molecule has 2 aromatic carbocycles. The second-order valence-corrected chi connectivity index (χ2v) is 6.87. The summed E-state index contributed by atoms with van der Waals surface area (Å²) in [4.78, 5) is 0.621. The molecule has 118 valence electrons. The lowest BCUT2D eigenvalue weighted by atomic mass is 10.0. The zero-order valence-electron chi connectivity index (χ0n) is 12.6. The highest BCUT2D eigenvalue weighted by atomic mass is 32.2. The van der Waals surface area contributed by atoms with Gasteiger partial charge in [-0.2, -0.15) is 13.2 Å². The van der Waals surface area contributed by atoms with Crippen molar-refractivity contribution >= 4 is 11.8 Å². The molecule has 1 unspecified atom stereocenters. The smallest absolute Gasteiger partial charge is 0.169 e. The van der Waals surface area contributed by atoms with Crippen molar-refractivity contribution < 1.29 is 13.2 Å². The third-order valence-electron chi connectivity index (χ3n) is 3.22. The number of rotatable bonds is 5. The molecule has 22 heavy (non-hydrogen) atoms. The average molecular weight is 324 g/mol. The molecule has 0 heterocycles. The van der Waals surface area contributed by atoms with Gasteiger partial charge in [0.05, 0.1) is 0 Å². The van der Waals surface area contributed by atoms with Crippen LogP contribution in [0, 0.1) is 5.92 Å². The molecule has 0 nitrogen and oxygen atoms in total. The number of alkyl halides is 3. The summed E-state index contributed by atoms with van der Waals surface area (Å²) in [6, 6.07) is 15.5. The molecule has 0 spiro atoms. The van der Waals surface area contributed by atoms with Crippen LogP contribution in [-0.4, -0.2) is 6.18 Å². The van der Waals surface area contributed by atoms with E-state index in [9.17, 15) is 13.2 Å². The Morgan fingerprint density at radius 1 is 0.909 bits per heavy atom. The van der Waals surface area contributed by atoms with Crippen molar-refractivity contribution in [2.24, 2.45) is 5.92 Å². The highest BCUT2D eigenvalue weighted by molar-refractivity contribution is 7.99. The molecule has 0 aromatic heterocycles. The highest BCUT2D eigenvalue weighted by Gasteiger charge is 2.41. The van der Waals surface area contributed by atoms with Crippen molar-refractivity contribution in [3.63, 3.8) is 0 Å². The Hall–Kier alpha value is -1.42. The third kappa shape index (κ3) is 4.80. The zero-order valence-corrected chi connectivity index (χ0v) is 13.4. The minimum atomic E-state index is -4.28. The van der Waals surface area contributed by atoms with Crippen molar-refractivity contribution in [1.29, 1.82) is 0 Å². The second kappa shape index (κ2) is 7.23. The summed E-state index contributed by atoms with van der Waals surface area (Å²) in [6.45, 7) is 4.19. The first-order valence-corrected chi connectivity index (χ1v) is 8.11. The van der Waals surface area contributed by atoms with Gasteiger partial charge in [-0.1, -0.05) is 56.3 Å². The van der Waals surface area contributed by atoms with Crippen LogP contribution in [0.2, 0.25) is 0 Å². The van der Waals surface area contributed by atoms with Crippen LogP contribution in [0.25, 0.3) is 0 Å². The van der Waals surface area contributed by atoms with Gasteiger partial charge >= 0.3 is 6.18 Å². The van der Waals surface area contributed by atoms with E-state index >= 15 is 0 Å². The van der Waals surface area contributed by atoms with E-state index in [0.717, 1.165) is 23.7 Å². The molecule has 0 amide bonds. The fourth-order valence-electron chi connectivity index (χ4n) is 2.26. The Labute approximate surface area is 133 Å². The van der Waals surface area contributed by atoms with E-state index in [0.29, 0.717) is 16.4 Å². The van der Waals surface area contributed by atoms with E-state index in [4.69, 9.17) is 0 Å². The van der Waals surface area contributed by atoms with Crippen LogP contribution in [-0.2, 0) is 6.42 Å². The monoisotopic (exact) mass is 324 g/mol. The second-order valence-electron chi connectivity index (χ2n) is 5.69. The Kier molecular flexibility index (Phi) is 5.57. The lowest BCUT2D eigenvalue weighted by Gasteiger charge is -2.20. The SMILES string of the molecule is CC(C)Cc1ccc(C(Sc2ccccc2)C(F)(F)F)cc1. The van der Waals surface area contributed by atoms with Gasteiger partial charge < -0.3 is 0 Å². The van der Waals surface area contributed by atoms with E-state index in [1.165, 1.54) is 0 Å². The van der Waals surface area contributed by atoms with Crippen LogP contribution in [0.15, 0.2) is 59.5 Å². The zero-order chi connectivity index (χ0) is 16.2. The molecule has 1 atom stereocenters. The first-order chi connectivity index (χ1) is 10.4. The molecule has 0 bridgehead atoms. The van der Waals surface area contributed by atoms with E-state index in [1.54, 1.807) is 54.6 Å². The fourth-order valence-corrected chi connectivity index (χ4v) is 3.27. The summed E-state index contributed by atoms with van der Waals surface area (Å²) in [7, 11) is 0. The van der Waals surface area contributed by atoms with Gasteiger partial charge in [0.15, 0.2) is 0 Å². The van der Waals surface area contributed by atoms with Crippen LogP contribution in [0.5, 0.6) is 0 Å². The van der Waals surface area contributed by atoms with E-state index in [-0.39, 0.29) is 0 Å². The molecular formula is C18H19F3S. The van der Waals surface area contributed by atoms with Crippen LogP contribution < -0.4 is 0 Å². The number of hydrogen-bond acceptors (Lipinski definition) is 1. The standard InChI is InChI=1S/C18H19F3S/c1-13(2)12-14-8-10-15(11-9-14)17(18(19,20)21)22-16-6-4-3-5-7-16/h3-11,13,17H,12H2,1-2H3. The Bertz CT molecular complexity index is 574. The fraction of sp³-hybridized carbons (Fsp3) is 0.333. The van der Waals surface area contributed by atoms with Crippen molar-refractivity contribution in [1.82, 2.24) is 0 Å². The summed E-state index contributed by atoms with van der Waals surface area (Å²) in [6.07, 6.45) is -3.40. The predicted octanol–water partition coefficient (Wildman–Crippen LogP) is 6.28. The van der Waals surface area contributed by atoms with Crippen LogP contribution in [0.1, 0.15) is 30.2 Å². The predicted molar refractivity (Wildman–Crippen MR) is 86.1 cm³/mol. The van der Waals surface area contributed by atoms with Crippen molar-refractivity contribution in [3.05, 3.63) is 65.7 Å². The molecule has 4 heteroatoms. The molecule has 0 radical (unpaired) electrons. The van der Waals surface area contributed by atoms with Crippen LogP contribution >= 0.6 is 11.8 Å². The van der Waals surface area contributed by atoms with Gasteiger partial charge in [-0.15, -0.1) is 11.8 Å². The summed E-state index contributed by atoms with van der Waals surface area (Å²) in [5, 5.41) is -1.54. The Morgan fingerprint density at radius 2 is 1.50 bits per heavy atom. The van der Waals surface area contributed by atoms with E-state index in [2.05, 4.69) is 13.8 Å². The maximum Gasteiger partial charge on any atom is 0.404 e. The van der Waals surface area contributed by atoms with Gasteiger partial charge in [-0.25, -0.2) is 0 Å². The minimum absolute atomic E-state index is 0.300. The molecule has 0 fully saturated rings. The molecule has 0 saturated heterocycles. The minimum Gasteiger partial charge on any atom is -0.169 e. The molecular weight excluding hydrogens is 305 g/mol. The maximum atomic E-state index is 13.4. The van der Waals surface area contributed by atoms with Crippen molar-refractivity contribution in [2.75, 3.05) is 0 Å². The van der Waals surface area contributed by atoms with Crippen molar-refractivity contribution in [3.8, 4) is 0 Å². The van der Waals surface area contributed by atoms with Gasteiger partial charge in [-0.3, -0.25) is 0 Å². The Morgan fingerprint density at radius 3 is 2.00 bits per heavy atom. The number of hydrogen-bond donors (Lipinski definition) is 0. The topological polar surface area (TPSA) is 0 Å². The van der Waals surface area contributed by atoms with Gasteiger partial charge in [0, 0.05) is 4.90 Å². The number of halogens is 3. The normalized spacial score (nSPS) is 13.4. The lowest BCUT2D eigenvalue weighted by molar-refractivity contribution is -0.129. The Balaban J connectivity index is 2.22. The molecule has 0 saturated carbocycles. The molecule has 2 aromatic rings. The summed E-state index contributed by atoms with van der Waals surface area (Å²) < 4.78 is 40.1. The quantitative estimate of drug-likeness (QED) is 0.583. The van der Waals surface area contributed by atoms with E-state index < -0.39 is 11.4 Å². The molecule has 2 rings (SSSR count). The highest BCUT2D eigenvalue weighted by Crippen LogP contribution is 2.46. The van der Waals surface area contributed by atoms with Gasteiger partial charge in [0.25, 0.3) is 0 Å². The summed E-state index contributed by atoms with van der Waals surface area (Å²) in [5.74, 6) is 0.489. The first-order valence-electron chi connectivity index (χ1n) is 7.23. The average Bonchev–Trinajstić information content (AvgIpc) is 2.45. The van der Waals surface area contributed by atoms with Crippen molar-refractivity contribution in [2.45, 2.75) is 36.6 Å². The summed E-state index contributed by atoms with van der Waals surface area (Å²) >= 11 is 0.844. The van der Waals surface area contributed by atoms with Gasteiger partial charge in [0.2, 0.25) is 0 Å². The van der Waals surface area contributed by atoms with Gasteiger partial charge in [-0.05, 0) is 35.6 Å². The van der Waals surface area contributed by atoms with Gasteiger partial charge in [0.1, 0.15) is 5.25 Å². The third-order valence-corrected chi connectivity index (χ3v) is 4.54. The lowest BCUT2D eigenvalue weighted by Crippen LogP contribution is -2.18. The molecule has 0 aliphatic heterocycles. The van der Waals surface area contributed by atoms with E-state index in [1.807, 2.05) is 0 Å². The largest absolute Gasteiger partial charge is 0.404 e. The summed E-state index contributed by atoms with van der Waals surface area (Å²) in [5.41, 5.74) is 1.37. The molecule has 0 aliphatic rings. The first kappa shape index (κ1) is 16.9. The number of thioether (sulfide) groups is 1. The number of benzene rings is 2.